The Kier molecular flexibility index (Phi) is 4.21. The average molecular weight is 382 g/mol. The van der Waals surface area contributed by atoms with E-state index in [1.165, 1.54) is 0 Å². The van der Waals surface area contributed by atoms with Gasteiger partial charge in [-0.1, -0.05) is 32.0 Å². The van der Waals surface area contributed by atoms with Crippen molar-refractivity contribution >= 4 is 23.3 Å². The Balaban J connectivity index is 1.97. The third-order valence-corrected chi connectivity index (χ3v) is 5.75. The van der Waals surface area contributed by atoms with E-state index in [1.54, 1.807) is 9.58 Å². The van der Waals surface area contributed by atoms with Gasteiger partial charge in [0.15, 0.2) is 0 Å². The number of hydrogen-bond donors (Lipinski definition) is 2. The minimum absolute atomic E-state index is 0.0563. The van der Waals surface area contributed by atoms with Crippen molar-refractivity contribution in [3.63, 3.8) is 0 Å². The zero-order valence-electron chi connectivity index (χ0n) is 16.7. The molecular weight excluding hydrogens is 356 g/mol. The van der Waals surface area contributed by atoms with E-state index in [0.29, 0.717) is 23.8 Å². The highest BCUT2D eigenvalue weighted by Gasteiger charge is 2.58. The van der Waals surface area contributed by atoms with E-state index in [4.69, 9.17) is 0 Å². The third kappa shape index (κ3) is 2.45. The zero-order chi connectivity index (χ0) is 20.2. The smallest absolute Gasteiger partial charge is 0.270 e. The van der Waals surface area contributed by atoms with Gasteiger partial charge < -0.3 is 10.2 Å². The van der Waals surface area contributed by atoms with Gasteiger partial charge in [-0.15, -0.1) is 0 Å². The molecule has 0 radical (unpaired) electrons. The van der Waals surface area contributed by atoms with Crippen LogP contribution < -0.4 is 15.8 Å². The van der Waals surface area contributed by atoms with Crippen LogP contribution in [0.4, 0.5) is 11.5 Å². The lowest BCUT2D eigenvalue weighted by Crippen LogP contribution is -2.49. The molecule has 2 aliphatic rings. The summed E-state index contributed by atoms with van der Waals surface area (Å²) >= 11 is 0. The Morgan fingerprint density at radius 2 is 1.82 bits per heavy atom. The number of para-hydroxylation sites is 1. The Morgan fingerprint density at radius 1 is 1.11 bits per heavy atom. The molecule has 1 atom stereocenters. The summed E-state index contributed by atoms with van der Waals surface area (Å²) in [4.78, 5) is 41.2. The molecule has 0 unspecified atom stereocenters. The molecule has 1 aromatic heterocycles. The van der Waals surface area contributed by atoms with Crippen molar-refractivity contribution in [3.05, 3.63) is 45.7 Å². The molecule has 0 fully saturated rings. The van der Waals surface area contributed by atoms with Gasteiger partial charge in [-0.05, 0) is 37.8 Å². The first-order valence-corrected chi connectivity index (χ1v) is 9.83. The fraction of sp³-hybridized carbons (Fsp3) is 0.476. The molecule has 0 saturated carbocycles. The highest BCUT2D eigenvalue weighted by atomic mass is 16.2. The lowest BCUT2D eigenvalue weighted by molar-refractivity contribution is -0.126. The van der Waals surface area contributed by atoms with Crippen LogP contribution in [0.15, 0.2) is 29.1 Å². The van der Waals surface area contributed by atoms with Crippen LogP contribution in [-0.4, -0.2) is 28.1 Å². The second-order valence-electron chi connectivity index (χ2n) is 8.42. The number of benzene rings is 1. The molecule has 3 heterocycles. The van der Waals surface area contributed by atoms with Gasteiger partial charge in [0.05, 0.1) is 12.0 Å². The number of nitrogens with zero attached hydrogens (tertiary/aromatic N) is 2. The van der Waals surface area contributed by atoms with Crippen LogP contribution in [0.3, 0.4) is 0 Å². The van der Waals surface area contributed by atoms with Crippen molar-refractivity contribution in [2.24, 2.45) is 5.92 Å². The summed E-state index contributed by atoms with van der Waals surface area (Å²) in [6, 6.07) is 7.47. The van der Waals surface area contributed by atoms with E-state index >= 15 is 0 Å². The molecule has 2 aliphatic heterocycles. The highest BCUT2D eigenvalue weighted by Crippen LogP contribution is 2.51. The van der Waals surface area contributed by atoms with Crippen molar-refractivity contribution in [1.29, 1.82) is 0 Å². The van der Waals surface area contributed by atoms with Crippen molar-refractivity contribution in [3.8, 4) is 0 Å². The largest absolute Gasteiger partial charge is 0.311 e. The summed E-state index contributed by atoms with van der Waals surface area (Å²) in [6.45, 7) is 8.63. The predicted molar refractivity (Wildman–Crippen MR) is 108 cm³/mol. The number of carbonyl (C=O) groups excluding carboxylic acids is 2. The van der Waals surface area contributed by atoms with Crippen LogP contribution in [-0.2, 0) is 15.0 Å². The van der Waals surface area contributed by atoms with Gasteiger partial charge in [0.25, 0.3) is 5.56 Å². The lowest BCUT2D eigenvalue weighted by Gasteiger charge is -2.32. The van der Waals surface area contributed by atoms with Gasteiger partial charge in [-0.3, -0.25) is 24.2 Å². The first-order valence-electron chi connectivity index (χ1n) is 9.83. The Morgan fingerprint density at radius 3 is 2.50 bits per heavy atom. The van der Waals surface area contributed by atoms with Gasteiger partial charge in [0.1, 0.15) is 11.2 Å². The fourth-order valence-electron chi connectivity index (χ4n) is 4.41. The molecule has 0 bridgehead atoms. The topological polar surface area (TPSA) is 87.2 Å². The molecule has 7 heteroatoms. The molecule has 0 saturated heterocycles. The monoisotopic (exact) mass is 382 g/mol. The maximum absolute atomic E-state index is 13.8. The minimum Gasteiger partial charge on any atom is -0.311 e. The van der Waals surface area contributed by atoms with Crippen LogP contribution in [0.1, 0.15) is 57.7 Å². The second kappa shape index (κ2) is 6.36. The number of rotatable bonds is 4. The Bertz CT molecular complexity index is 1020. The van der Waals surface area contributed by atoms with E-state index < -0.39 is 5.41 Å². The molecule has 4 rings (SSSR count). The summed E-state index contributed by atoms with van der Waals surface area (Å²) in [7, 11) is 0. The van der Waals surface area contributed by atoms with Crippen LogP contribution >= 0.6 is 0 Å². The van der Waals surface area contributed by atoms with E-state index in [9.17, 15) is 14.4 Å². The number of H-pyrrole nitrogens is 1. The molecule has 148 valence electrons. The minimum atomic E-state index is -1.26. The second-order valence-corrected chi connectivity index (χ2v) is 8.42. The van der Waals surface area contributed by atoms with E-state index in [0.717, 1.165) is 17.7 Å². The standard InChI is InChI=1S/C21H26N4O3/c1-12(2)9-10-24-15-8-6-5-7-14(15)21(20(24)28)11-16(26)22-18-17(21)19(27)23-25(18)13(3)4/h5-8,12-13H,9-11H2,1-4H3,(H,22,26)(H,23,27)/t21-/m1/s1. The fourth-order valence-corrected chi connectivity index (χ4v) is 4.41. The molecule has 2 aromatic rings. The maximum atomic E-state index is 13.8. The van der Waals surface area contributed by atoms with Gasteiger partial charge in [0.2, 0.25) is 11.8 Å². The lowest BCUT2D eigenvalue weighted by atomic mass is 9.71. The zero-order valence-corrected chi connectivity index (χ0v) is 16.7. The van der Waals surface area contributed by atoms with Crippen molar-refractivity contribution in [1.82, 2.24) is 9.78 Å². The van der Waals surface area contributed by atoms with Gasteiger partial charge in [0, 0.05) is 18.3 Å². The highest BCUT2D eigenvalue weighted by molar-refractivity contribution is 6.15. The van der Waals surface area contributed by atoms with Crippen molar-refractivity contribution in [2.45, 2.75) is 52.0 Å². The molecule has 2 amide bonds. The average Bonchev–Trinajstić information content (AvgIpc) is 3.08. The summed E-state index contributed by atoms with van der Waals surface area (Å²) in [6.07, 6.45) is 0.789. The van der Waals surface area contributed by atoms with Crippen LogP contribution in [0.2, 0.25) is 0 Å². The van der Waals surface area contributed by atoms with Crippen LogP contribution in [0, 0.1) is 5.92 Å². The Labute approximate surface area is 163 Å². The number of fused-ring (bicyclic) bond motifs is 4. The summed E-state index contributed by atoms with van der Waals surface area (Å²) in [5, 5.41) is 5.64. The molecule has 2 N–H and O–H groups in total. The molecular formula is C21H26N4O3. The summed E-state index contributed by atoms with van der Waals surface area (Å²) < 4.78 is 1.64. The summed E-state index contributed by atoms with van der Waals surface area (Å²) in [5.74, 6) is 0.407. The van der Waals surface area contributed by atoms with Crippen molar-refractivity contribution in [2.75, 3.05) is 16.8 Å². The molecule has 1 aromatic carbocycles. The number of amides is 2. The first kappa shape index (κ1) is 18.5. The molecule has 7 nitrogen and oxygen atoms in total. The number of hydrogen-bond acceptors (Lipinski definition) is 3. The van der Waals surface area contributed by atoms with Crippen LogP contribution in [0.5, 0.6) is 0 Å². The normalized spacial score (nSPS) is 20.9. The van der Waals surface area contributed by atoms with Gasteiger partial charge >= 0.3 is 0 Å². The molecule has 0 aliphatic carbocycles. The SMILES string of the molecule is CC(C)CCN1C(=O)[C@]2(CC(=O)Nc3c2c(=O)[nH]n3C(C)C)c2ccccc21. The summed E-state index contributed by atoms with van der Waals surface area (Å²) in [5.41, 5.74) is 0.305. The predicted octanol–water partition coefficient (Wildman–Crippen LogP) is 2.78. The number of anilines is 2. The number of aromatic nitrogens is 2. The number of nitrogens with one attached hydrogen (secondary N) is 2. The third-order valence-electron chi connectivity index (χ3n) is 5.75. The van der Waals surface area contributed by atoms with Gasteiger partial charge in [-0.2, -0.15) is 0 Å². The Hall–Kier alpha value is -2.83. The number of aromatic amines is 1. The quantitative estimate of drug-likeness (QED) is 0.852. The van der Waals surface area contributed by atoms with E-state index in [2.05, 4.69) is 24.3 Å². The maximum Gasteiger partial charge on any atom is 0.270 e. The van der Waals surface area contributed by atoms with E-state index in [-0.39, 0.29) is 29.8 Å². The molecule has 1 spiro atoms. The van der Waals surface area contributed by atoms with E-state index in [1.807, 2.05) is 38.1 Å². The van der Waals surface area contributed by atoms with Crippen molar-refractivity contribution < 1.29 is 9.59 Å². The number of carbonyl (C=O) groups is 2. The molecule has 28 heavy (non-hydrogen) atoms. The van der Waals surface area contributed by atoms with Crippen LogP contribution in [0.25, 0.3) is 0 Å². The van der Waals surface area contributed by atoms with Gasteiger partial charge in [-0.25, -0.2) is 0 Å². The first-order chi connectivity index (χ1) is 13.3.